The summed E-state index contributed by atoms with van der Waals surface area (Å²) in [5.41, 5.74) is 0.556. The molecule has 0 N–H and O–H groups in total. The molecule has 0 aromatic heterocycles. The predicted octanol–water partition coefficient (Wildman–Crippen LogP) is 2.55. The summed E-state index contributed by atoms with van der Waals surface area (Å²) in [5, 5.41) is 0.532. The Balaban J connectivity index is 1.85. The zero-order valence-electron chi connectivity index (χ0n) is 11.5. The Labute approximate surface area is 123 Å². The number of carbonyl (C=O) groups excluding carboxylic acids is 2. The SMILES string of the molecule is CC1CN(C(=O)CCC(=O)c2cccc(Cl)c2)CCO1. The Morgan fingerprint density at radius 1 is 1.40 bits per heavy atom. The number of carbonyl (C=O) groups is 2. The van der Waals surface area contributed by atoms with E-state index in [1.54, 1.807) is 29.2 Å². The van der Waals surface area contributed by atoms with E-state index in [2.05, 4.69) is 0 Å². The maximum atomic E-state index is 12.0. The second-order valence-electron chi connectivity index (χ2n) is 4.95. The van der Waals surface area contributed by atoms with Crippen LogP contribution < -0.4 is 0 Å². The third-order valence-corrected chi connectivity index (χ3v) is 3.54. The molecule has 1 aliphatic heterocycles. The molecule has 1 heterocycles. The maximum Gasteiger partial charge on any atom is 0.223 e. The topological polar surface area (TPSA) is 46.6 Å². The second kappa shape index (κ2) is 6.86. The molecule has 4 nitrogen and oxygen atoms in total. The molecule has 0 bridgehead atoms. The van der Waals surface area contributed by atoms with Gasteiger partial charge < -0.3 is 9.64 Å². The van der Waals surface area contributed by atoms with Gasteiger partial charge in [0.15, 0.2) is 5.78 Å². The van der Waals surface area contributed by atoms with Crippen molar-refractivity contribution in [2.45, 2.75) is 25.9 Å². The minimum absolute atomic E-state index is 0.00975. The lowest BCUT2D eigenvalue weighted by atomic mass is 10.1. The van der Waals surface area contributed by atoms with Crippen LogP contribution in [-0.2, 0) is 9.53 Å². The number of amides is 1. The molecule has 0 radical (unpaired) electrons. The largest absolute Gasteiger partial charge is 0.375 e. The van der Waals surface area contributed by atoms with Gasteiger partial charge in [-0.2, -0.15) is 0 Å². The molecular formula is C15H18ClNO3. The molecule has 5 heteroatoms. The maximum absolute atomic E-state index is 12.0. The summed E-state index contributed by atoms with van der Waals surface area (Å²) in [5.74, 6) is -0.0438. The monoisotopic (exact) mass is 295 g/mol. The molecule has 1 saturated heterocycles. The molecule has 2 rings (SSSR count). The molecule has 1 unspecified atom stereocenters. The summed E-state index contributed by atoms with van der Waals surface area (Å²) in [6.07, 6.45) is 0.513. The van der Waals surface area contributed by atoms with Gasteiger partial charge >= 0.3 is 0 Å². The first-order valence-corrected chi connectivity index (χ1v) is 7.12. The minimum Gasteiger partial charge on any atom is -0.375 e. The minimum atomic E-state index is -0.0536. The lowest BCUT2D eigenvalue weighted by molar-refractivity contribution is -0.138. The Hall–Kier alpha value is -1.39. The average molecular weight is 296 g/mol. The van der Waals surface area contributed by atoms with Crippen molar-refractivity contribution >= 4 is 23.3 Å². The van der Waals surface area contributed by atoms with Crippen molar-refractivity contribution in [2.24, 2.45) is 0 Å². The Kier molecular flexibility index (Phi) is 5.15. The van der Waals surface area contributed by atoms with Gasteiger partial charge in [-0.15, -0.1) is 0 Å². The van der Waals surface area contributed by atoms with Gasteiger partial charge in [0.05, 0.1) is 12.7 Å². The fourth-order valence-electron chi connectivity index (χ4n) is 2.23. The van der Waals surface area contributed by atoms with Crippen LogP contribution in [0, 0.1) is 0 Å². The normalized spacial score (nSPS) is 18.9. The molecular weight excluding hydrogens is 278 g/mol. The molecule has 1 aromatic carbocycles. The van der Waals surface area contributed by atoms with Crippen LogP contribution >= 0.6 is 11.6 Å². The van der Waals surface area contributed by atoms with Gasteiger partial charge in [-0.1, -0.05) is 23.7 Å². The van der Waals surface area contributed by atoms with Gasteiger partial charge in [0, 0.05) is 36.5 Å². The van der Waals surface area contributed by atoms with Crippen molar-refractivity contribution in [3.8, 4) is 0 Å². The van der Waals surface area contributed by atoms with E-state index < -0.39 is 0 Å². The number of rotatable bonds is 4. The van der Waals surface area contributed by atoms with Gasteiger partial charge in [-0.05, 0) is 19.1 Å². The fraction of sp³-hybridized carbons (Fsp3) is 0.467. The highest BCUT2D eigenvalue weighted by Crippen LogP contribution is 2.14. The first-order valence-electron chi connectivity index (χ1n) is 6.74. The number of hydrogen-bond donors (Lipinski definition) is 0. The summed E-state index contributed by atoms with van der Waals surface area (Å²) >= 11 is 5.85. The Morgan fingerprint density at radius 2 is 2.20 bits per heavy atom. The lowest BCUT2D eigenvalue weighted by Gasteiger charge is -2.31. The van der Waals surface area contributed by atoms with Crippen molar-refractivity contribution in [1.82, 2.24) is 4.90 Å². The quantitative estimate of drug-likeness (QED) is 0.802. The zero-order valence-corrected chi connectivity index (χ0v) is 12.2. The van der Waals surface area contributed by atoms with Crippen LogP contribution in [0.25, 0.3) is 0 Å². The fourth-order valence-corrected chi connectivity index (χ4v) is 2.42. The third kappa shape index (κ3) is 4.05. The standard InChI is InChI=1S/C15H18ClNO3/c1-11-10-17(7-8-20-11)15(19)6-5-14(18)12-3-2-4-13(16)9-12/h2-4,9,11H,5-8,10H2,1H3. The number of halogens is 1. The van der Waals surface area contributed by atoms with E-state index in [0.29, 0.717) is 30.3 Å². The highest BCUT2D eigenvalue weighted by molar-refractivity contribution is 6.31. The highest BCUT2D eigenvalue weighted by Gasteiger charge is 2.21. The lowest BCUT2D eigenvalue weighted by Crippen LogP contribution is -2.44. The van der Waals surface area contributed by atoms with Crippen LogP contribution in [0.2, 0.25) is 5.02 Å². The number of hydrogen-bond acceptors (Lipinski definition) is 3. The van der Waals surface area contributed by atoms with E-state index in [-0.39, 0.29) is 30.6 Å². The number of nitrogens with zero attached hydrogens (tertiary/aromatic N) is 1. The van der Waals surface area contributed by atoms with E-state index in [0.717, 1.165) is 0 Å². The summed E-state index contributed by atoms with van der Waals surface area (Å²) in [4.78, 5) is 25.8. The van der Waals surface area contributed by atoms with Gasteiger partial charge in [-0.25, -0.2) is 0 Å². The summed E-state index contributed by atoms with van der Waals surface area (Å²) in [6, 6.07) is 6.81. The summed E-state index contributed by atoms with van der Waals surface area (Å²) in [7, 11) is 0. The van der Waals surface area contributed by atoms with Gasteiger partial charge in [0.1, 0.15) is 0 Å². The van der Waals surface area contributed by atoms with Crippen LogP contribution in [-0.4, -0.2) is 42.4 Å². The van der Waals surface area contributed by atoms with Crippen molar-refractivity contribution in [3.05, 3.63) is 34.9 Å². The van der Waals surface area contributed by atoms with Gasteiger partial charge in [-0.3, -0.25) is 9.59 Å². The van der Waals surface area contributed by atoms with Crippen LogP contribution in [0.3, 0.4) is 0 Å². The number of ether oxygens (including phenoxy) is 1. The molecule has 108 valence electrons. The van der Waals surface area contributed by atoms with Crippen molar-refractivity contribution < 1.29 is 14.3 Å². The first-order chi connectivity index (χ1) is 9.56. The molecule has 0 saturated carbocycles. The van der Waals surface area contributed by atoms with E-state index in [1.165, 1.54) is 0 Å². The molecule has 0 aliphatic carbocycles. The van der Waals surface area contributed by atoms with Crippen molar-refractivity contribution in [2.75, 3.05) is 19.7 Å². The average Bonchev–Trinajstić information content (AvgIpc) is 2.44. The Bertz CT molecular complexity index is 504. The molecule has 1 fully saturated rings. The van der Waals surface area contributed by atoms with E-state index in [1.807, 2.05) is 6.92 Å². The molecule has 1 aliphatic rings. The number of benzene rings is 1. The molecule has 0 spiro atoms. The van der Waals surface area contributed by atoms with E-state index in [4.69, 9.17) is 16.3 Å². The van der Waals surface area contributed by atoms with Gasteiger partial charge in [0.2, 0.25) is 5.91 Å². The smallest absolute Gasteiger partial charge is 0.223 e. The second-order valence-corrected chi connectivity index (χ2v) is 5.39. The number of morpholine rings is 1. The molecule has 20 heavy (non-hydrogen) atoms. The molecule has 1 amide bonds. The summed E-state index contributed by atoms with van der Waals surface area (Å²) in [6.45, 7) is 3.71. The van der Waals surface area contributed by atoms with Crippen molar-refractivity contribution in [1.29, 1.82) is 0 Å². The third-order valence-electron chi connectivity index (χ3n) is 3.31. The van der Waals surface area contributed by atoms with Crippen LogP contribution in [0.4, 0.5) is 0 Å². The van der Waals surface area contributed by atoms with Crippen LogP contribution in [0.15, 0.2) is 24.3 Å². The van der Waals surface area contributed by atoms with Crippen LogP contribution in [0.5, 0.6) is 0 Å². The first kappa shape index (κ1) is 15.0. The number of ketones is 1. The molecule has 1 aromatic rings. The van der Waals surface area contributed by atoms with E-state index in [9.17, 15) is 9.59 Å². The van der Waals surface area contributed by atoms with E-state index >= 15 is 0 Å². The molecule has 1 atom stereocenters. The van der Waals surface area contributed by atoms with Gasteiger partial charge in [0.25, 0.3) is 0 Å². The predicted molar refractivity (Wildman–Crippen MR) is 77.0 cm³/mol. The van der Waals surface area contributed by atoms with Crippen LogP contribution in [0.1, 0.15) is 30.1 Å². The zero-order chi connectivity index (χ0) is 14.5. The summed E-state index contributed by atoms with van der Waals surface area (Å²) < 4.78 is 5.39. The highest BCUT2D eigenvalue weighted by atomic mass is 35.5. The Morgan fingerprint density at radius 3 is 2.90 bits per heavy atom. The van der Waals surface area contributed by atoms with Crippen molar-refractivity contribution in [3.63, 3.8) is 0 Å². The number of Topliss-reactive ketones (excluding diaryl/α,β-unsaturated/α-hetero) is 1.